The number of anilines is 2. The molecule has 1 aliphatic rings. The van der Waals surface area contributed by atoms with Crippen LogP contribution in [-0.2, 0) is 0 Å². The van der Waals surface area contributed by atoms with Gasteiger partial charge < -0.3 is 15.2 Å². The lowest BCUT2D eigenvalue weighted by Gasteiger charge is -2.25. The van der Waals surface area contributed by atoms with Crippen LogP contribution in [0, 0.1) is 0 Å². The number of benzene rings is 4. The van der Waals surface area contributed by atoms with Crippen LogP contribution in [-0.4, -0.2) is 34.9 Å². The molecule has 0 saturated heterocycles. The molecule has 8 heteroatoms. The number of thiocarbonyl (C=S) groups is 1. The molecule has 6 nitrogen and oxygen atoms in total. The van der Waals surface area contributed by atoms with Crippen LogP contribution < -0.4 is 15.8 Å². The molecule has 6 rings (SSSR count). The molecule has 0 bridgehead atoms. The summed E-state index contributed by atoms with van der Waals surface area (Å²) in [7, 11) is 4.03. The van der Waals surface area contributed by atoms with Gasteiger partial charge in [0, 0.05) is 53.4 Å². The predicted octanol–water partition coefficient (Wildman–Crippen LogP) is 7.46. The second-order valence-electron chi connectivity index (χ2n) is 10.1. The lowest BCUT2D eigenvalue weighted by Crippen LogP contribution is -2.31. The van der Waals surface area contributed by atoms with Crippen molar-refractivity contribution in [2.75, 3.05) is 24.3 Å². The van der Waals surface area contributed by atoms with Gasteiger partial charge in [-0.25, -0.2) is 5.01 Å². The Bertz CT molecular complexity index is 1820. The zero-order chi connectivity index (χ0) is 28.5. The number of hydrogen-bond donors (Lipinski definition) is 2. The molecule has 41 heavy (non-hydrogen) atoms. The third-order valence-electron chi connectivity index (χ3n) is 7.28. The molecule has 2 heterocycles. The maximum absolute atomic E-state index is 13.8. The van der Waals surface area contributed by atoms with Crippen LogP contribution in [0.2, 0.25) is 5.02 Å². The zero-order valence-corrected chi connectivity index (χ0v) is 24.2. The van der Waals surface area contributed by atoms with E-state index in [1.54, 1.807) is 0 Å². The highest BCUT2D eigenvalue weighted by atomic mass is 35.5. The van der Waals surface area contributed by atoms with Crippen LogP contribution in [0.3, 0.4) is 0 Å². The average molecular weight is 578 g/mol. The van der Waals surface area contributed by atoms with Gasteiger partial charge in [0.2, 0.25) is 0 Å². The molecule has 0 saturated carbocycles. The summed E-state index contributed by atoms with van der Waals surface area (Å²) in [5.74, 6) is 0. The van der Waals surface area contributed by atoms with E-state index in [1.165, 1.54) is 0 Å². The van der Waals surface area contributed by atoms with Crippen molar-refractivity contribution in [1.82, 2.24) is 9.99 Å². The van der Waals surface area contributed by atoms with Crippen molar-refractivity contribution >= 4 is 56.9 Å². The number of rotatable bonds is 5. The van der Waals surface area contributed by atoms with Crippen LogP contribution in [0.25, 0.3) is 22.0 Å². The number of fused-ring (bicyclic) bond motifs is 1. The van der Waals surface area contributed by atoms with Crippen LogP contribution in [0.15, 0.2) is 113 Å². The first kappa shape index (κ1) is 26.7. The Morgan fingerprint density at radius 1 is 0.927 bits per heavy atom. The fourth-order valence-corrected chi connectivity index (χ4v) is 5.65. The Balaban J connectivity index is 1.50. The van der Waals surface area contributed by atoms with Gasteiger partial charge in [0.05, 0.1) is 17.3 Å². The second kappa shape index (κ2) is 11.2. The van der Waals surface area contributed by atoms with Crippen molar-refractivity contribution in [1.29, 1.82) is 0 Å². The first-order valence-corrected chi connectivity index (χ1v) is 14.1. The summed E-state index contributed by atoms with van der Waals surface area (Å²) in [4.78, 5) is 18.9. The molecule has 5 aromatic rings. The maximum atomic E-state index is 13.8. The van der Waals surface area contributed by atoms with E-state index < -0.39 is 0 Å². The highest BCUT2D eigenvalue weighted by molar-refractivity contribution is 7.80. The molecular weight excluding hydrogens is 550 g/mol. The first-order valence-electron chi connectivity index (χ1n) is 13.3. The summed E-state index contributed by atoms with van der Waals surface area (Å²) in [5.41, 5.74) is 6.50. The number of H-pyrrole nitrogens is 1. The Labute approximate surface area is 248 Å². The van der Waals surface area contributed by atoms with Gasteiger partial charge in [-0.15, -0.1) is 0 Å². The minimum Gasteiger partial charge on any atom is -0.378 e. The zero-order valence-electron chi connectivity index (χ0n) is 22.6. The number of nitrogens with zero attached hydrogens (tertiary/aromatic N) is 3. The molecule has 0 amide bonds. The van der Waals surface area contributed by atoms with Crippen LogP contribution >= 0.6 is 23.8 Å². The van der Waals surface area contributed by atoms with E-state index in [-0.39, 0.29) is 11.6 Å². The summed E-state index contributed by atoms with van der Waals surface area (Å²) >= 11 is 12.1. The molecule has 0 spiro atoms. The summed E-state index contributed by atoms with van der Waals surface area (Å²) in [6.07, 6.45) is 0.500. The largest absolute Gasteiger partial charge is 0.378 e. The highest BCUT2D eigenvalue weighted by Crippen LogP contribution is 2.38. The Kier molecular flexibility index (Phi) is 7.30. The molecule has 0 aliphatic carbocycles. The Morgan fingerprint density at radius 3 is 2.32 bits per heavy atom. The standard InChI is InChI=1S/C33H28ClN5OS/c1-38(2)25-18-14-21(15-19-25)29-20-28(37-39(29)33(41)35-24-8-4-3-5-9-24)31-30(22-12-16-23(34)17-13-22)26-10-6-7-11-27(26)36-32(31)40/h3-19,29H,20H2,1-2H3,(H,35,41)(H,36,40)/t29-/m1/s1. The molecule has 1 atom stereocenters. The third-order valence-corrected chi connectivity index (χ3v) is 7.82. The molecule has 1 aliphatic heterocycles. The number of pyridine rings is 1. The maximum Gasteiger partial charge on any atom is 0.258 e. The number of para-hydroxylation sites is 2. The Hall–Kier alpha value is -4.46. The molecule has 1 aromatic heterocycles. The van der Waals surface area contributed by atoms with Gasteiger partial charge in [0.15, 0.2) is 5.11 Å². The lowest BCUT2D eigenvalue weighted by molar-refractivity contribution is 0.375. The second-order valence-corrected chi connectivity index (χ2v) is 11.0. The highest BCUT2D eigenvalue weighted by Gasteiger charge is 2.34. The van der Waals surface area contributed by atoms with Crippen LogP contribution in [0.4, 0.5) is 11.4 Å². The summed E-state index contributed by atoms with van der Waals surface area (Å²) in [6.45, 7) is 0. The van der Waals surface area contributed by atoms with Crippen LogP contribution in [0.1, 0.15) is 23.6 Å². The van der Waals surface area contributed by atoms with Crippen molar-refractivity contribution in [3.8, 4) is 11.1 Å². The normalized spacial score (nSPS) is 14.7. The quantitative estimate of drug-likeness (QED) is 0.212. The van der Waals surface area contributed by atoms with Gasteiger partial charge in [0.1, 0.15) is 0 Å². The molecule has 4 aromatic carbocycles. The number of aromatic amines is 1. The van der Waals surface area contributed by atoms with Gasteiger partial charge in [-0.2, -0.15) is 5.10 Å². The van der Waals surface area contributed by atoms with Crippen molar-refractivity contribution in [3.63, 3.8) is 0 Å². The average Bonchev–Trinajstić information content (AvgIpc) is 3.43. The number of halogens is 1. The summed E-state index contributed by atoms with van der Waals surface area (Å²) < 4.78 is 0. The monoisotopic (exact) mass is 577 g/mol. The fraction of sp³-hybridized carbons (Fsp3) is 0.121. The van der Waals surface area contributed by atoms with E-state index in [2.05, 4.69) is 39.5 Å². The van der Waals surface area contributed by atoms with Gasteiger partial charge in [-0.3, -0.25) is 4.79 Å². The van der Waals surface area contributed by atoms with Crippen LogP contribution in [0.5, 0.6) is 0 Å². The molecule has 0 unspecified atom stereocenters. The topological polar surface area (TPSA) is 63.7 Å². The fourth-order valence-electron chi connectivity index (χ4n) is 5.24. The van der Waals surface area contributed by atoms with E-state index in [0.29, 0.717) is 27.8 Å². The van der Waals surface area contributed by atoms with Gasteiger partial charge in [-0.05, 0) is 65.8 Å². The molecule has 0 radical (unpaired) electrons. The van der Waals surface area contributed by atoms with E-state index in [0.717, 1.165) is 39.0 Å². The van der Waals surface area contributed by atoms with E-state index in [1.807, 2.05) is 98.0 Å². The molecule has 2 N–H and O–H groups in total. The molecule has 0 fully saturated rings. The predicted molar refractivity (Wildman–Crippen MR) is 174 cm³/mol. The molecular formula is C33H28ClN5OS. The minimum absolute atomic E-state index is 0.196. The van der Waals surface area contributed by atoms with E-state index in [9.17, 15) is 4.79 Å². The minimum atomic E-state index is -0.200. The van der Waals surface area contributed by atoms with Gasteiger partial charge in [0.25, 0.3) is 5.56 Å². The number of hydrogen-bond acceptors (Lipinski definition) is 4. The van der Waals surface area contributed by atoms with Crippen molar-refractivity contribution in [2.45, 2.75) is 12.5 Å². The third kappa shape index (κ3) is 5.34. The summed E-state index contributed by atoms with van der Waals surface area (Å²) in [6, 6.07) is 33.3. The van der Waals surface area contributed by atoms with E-state index >= 15 is 0 Å². The SMILES string of the molecule is CN(C)c1ccc([C@H]2CC(c3c(-c4ccc(Cl)cc4)c4ccccc4[nH]c3=O)=NN2C(=S)Nc2ccccc2)cc1. The Morgan fingerprint density at radius 2 is 1.61 bits per heavy atom. The number of hydrazone groups is 1. The van der Waals surface area contributed by atoms with Crippen molar-refractivity contribution in [3.05, 3.63) is 130 Å². The molecule has 204 valence electrons. The summed E-state index contributed by atoms with van der Waals surface area (Å²) in [5, 5.41) is 12.2. The van der Waals surface area contributed by atoms with E-state index in [4.69, 9.17) is 28.9 Å². The smallest absolute Gasteiger partial charge is 0.258 e. The van der Waals surface area contributed by atoms with Gasteiger partial charge >= 0.3 is 0 Å². The van der Waals surface area contributed by atoms with Crippen molar-refractivity contribution in [2.24, 2.45) is 5.10 Å². The lowest BCUT2D eigenvalue weighted by atomic mass is 9.91. The number of nitrogens with one attached hydrogen (secondary N) is 2. The first-order chi connectivity index (χ1) is 19.9. The van der Waals surface area contributed by atoms with Crippen molar-refractivity contribution < 1.29 is 0 Å². The number of aromatic nitrogens is 1. The van der Waals surface area contributed by atoms with Gasteiger partial charge in [-0.1, -0.05) is 72.3 Å².